The molecule has 2 rings (SSSR count). The molecule has 1 N–H and O–H groups in total. The molecule has 0 aliphatic heterocycles. The van der Waals surface area contributed by atoms with Crippen LogP contribution in [0.25, 0.3) is 0 Å². The summed E-state index contributed by atoms with van der Waals surface area (Å²) >= 11 is 0. The highest BCUT2D eigenvalue weighted by Crippen LogP contribution is 2.13. The van der Waals surface area contributed by atoms with Crippen molar-refractivity contribution in [2.45, 2.75) is 33.2 Å². The van der Waals surface area contributed by atoms with E-state index in [-0.39, 0.29) is 5.78 Å². The molecule has 104 valence electrons. The third-order valence-corrected chi connectivity index (χ3v) is 3.46. The van der Waals surface area contributed by atoms with Crippen LogP contribution < -0.4 is 5.32 Å². The topological polar surface area (TPSA) is 29.1 Å². The Morgan fingerprint density at radius 1 is 0.900 bits per heavy atom. The van der Waals surface area contributed by atoms with Crippen molar-refractivity contribution < 1.29 is 4.79 Å². The Morgan fingerprint density at radius 3 is 2.05 bits per heavy atom. The Balaban J connectivity index is 1.94. The van der Waals surface area contributed by atoms with E-state index in [1.807, 2.05) is 31.2 Å². The number of hydrogen-bond donors (Lipinski definition) is 1. The van der Waals surface area contributed by atoms with Crippen molar-refractivity contribution in [3.05, 3.63) is 65.2 Å². The molecule has 2 nitrogen and oxygen atoms in total. The van der Waals surface area contributed by atoms with Crippen molar-refractivity contribution in [2.24, 2.45) is 0 Å². The molecule has 0 saturated heterocycles. The van der Waals surface area contributed by atoms with E-state index in [1.54, 1.807) is 0 Å². The first-order chi connectivity index (χ1) is 9.72. The molecule has 0 aliphatic carbocycles. The number of benzene rings is 2. The summed E-state index contributed by atoms with van der Waals surface area (Å²) < 4.78 is 0. The highest BCUT2D eigenvalue weighted by atomic mass is 16.1. The number of carbonyl (C=O) groups excluding carboxylic acids is 1. The van der Waals surface area contributed by atoms with Gasteiger partial charge in [-0.15, -0.1) is 0 Å². The molecule has 0 fully saturated rings. The Labute approximate surface area is 120 Å². The molecule has 2 aromatic rings. The minimum absolute atomic E-state index is 0.187. The second-order valence-electron chi connectivity index (χ2n) is 4.88. The predicted molar refractivity (Wildman–Crippen MR) is 84.2 cm³/mol. The number of anilines is 1. The molecule has 0 atom stereocenters. The summed E-state index contributed by atoms with van der Waals surface area (Å²) in [6, 6.07) is 16.3. The van der Waals surface area contributed by atoms with Gasteiger partial charge in [-0.25, -0.2) is 0 Å². The zero-order valence-electron chi connectivity index (χ0n) is 12.1. The third-order valence-electron chi connectivity index (χ3n) is 3.46. The van der Waals surface area contributed by atoms with Crippen molar-refractivity contribution in [3.63, 3.8) is 0 Å². The monoisotopic (exact) mass is 267 g/mol. The molecule has 0 amide bonds. The number of hydrogen-bond acceptors (Lipinski definition) is 2. The first-order valence-corrected chi connectivity index (χ1v) is 7.18. The number of Topliss-reactive ketones (excluding diaryl/α,β-unsaturated/α-hetero) is 1. The summed E-state index contributed by atoms with van der Waals surface area (Å²) in [5, 5.41) is 3.37. The van der Waals surface area contributed by atoms with E-state index >= 15 is 0 Å². The predicted octanol–water partition coefficient (Wildman–Crippen LogP) is 4.45. The molecule has 0 saturated carbocycles. The Morgan fingerprint density at radius 2 is 1.50 bits per heavy atom. The average molecular weight is 267 g/mol. The maximum absolute atomic E-state index is 11.5. The maximum Gasteiger partial charge on any atom is 0.162 e. The smallest absolute Gasteiger partial charge is 0.162 e. The van der Waals surface area contributed by atoms with E-state index in [0.29, 0.717) is 6.42 Å². The quantitative estimate of drug-likeness (QED) is 0.783. The summed E-state index contributed by atoms with van der Waals surface area (Å²) in [4.78, 5) is 11.5. The fourth-order valence-corrected chi connectivity index (χ4v) is 2.08. The van der Waals surface area contributed by atoms with Gasteiger partial charge in [0, 0.05) is 24.2 Å². The van der Waals surface area contributed by atoms with Crippen LogP contribution in [0.2, 0.25) is 0 Å². The maximum atomic E-state index is 11.5. The van der Waals surface area contributed by atoms with Crippen LogP contribution in [0.4, 0.5) is 5.69 Å². The lowest BCUT2D eigenvalue weighted by Crippen LogP contribution is -2.01. The van der Waals surface area contributed by atoms with Crippen LogP contribution in [0.5, 0.6) is 0 Å². The molecule has 0 heterocycles. The van der Waals surface area contributed by atoms with E-state index < -0.39 is 0 Å². The summed E-state index contributed by atoms with van der Waals surface area (Å²) in [5.41, 5.74) is 4.44. The lowest BCUT2D eigenvalue weighted by atomic mass is 10.1. The lowest BCUT2D eigenvalue weighted by Gasteiger charge is -2.08. The van der Waals surface area contributed by atoms with Crippen LogP contribution in [0.15, 0.2) is 48.5 Å². The minimum atomic E-state index is 0.187. The average Bonchev–Trinajstić information content (AvgIpc) is 2.53. The van der Waals surface area contributed by atoms with Gasteiger partial charge in [-0.1, -0.05) is 38.1 Å². The molecular weight excluding hydrogens is 246 g/mol. The summed E-state index contributed by atoms with van der Waals surface area (Å²) in [7, 11) is 0. The molecular formula is C18H21NO. The Kier molecular flexibility index (Phi) is 4.94. The minimum Gasteiger partial charge on any atom is -0.381 e. The van der Waals surface area contributed by atoms with E-state index in [1.165, 1.54) is 11.1 Å². The van der Waals surface area contributed by atoms with Crippen LogP contribution in [0.1, 0.15) is 41.8 Å². The van der Waals surface area contributed by atoms with Gasteiger partial charge >= 0.3 is 0 Å². The second kappa shape index (κ2) is 6.90. The van der Waals surface area contributed by atoms with E-state index in [4.69, 9.17) is 0 Å². The lowest BCUT2D eigenvalue weighted by molar-refractivity contribution is 0.0988. The fraction of sp³-hybridized carbons (Fsp3) is 0.278. The highest BCUT2D eigenvalue weighted by Gasteiger charge is 2.02. The van der Waals surface area contributed by atoms with Gasteiger partial charge in [0.05, 0.1) is 0 Å². The number of rotatable bonds is 6. The van der Waals surface area contributed by atoms with E-state index in [9.17, 15) is 4.79 Å². The third kappa shape index (κ3) is 3.70. The summed E-state index contributed by atoms with van der Waals surface area (Å²) in [6.45, 7) is 4.84. The molecule has 0 radical (unpaired) electrons. The molecule has 0 aromatic heterocycles. The van der Waals surface area contributed by atoms with Gasteiger partial charge in [0.1, 0.15) is 0 Å². The Hall–Kier alpha value is -2.09. The van der Waals surface area contributed by atoms with Crippen molar-refractivity contribution in [1.82, 2.24) is 0 Å². The van der Waals surface area contributed by atoms with Gasteiger partial charge in [0.2, 0.25) is 0 Å². The number of ketones is 1. The molecule has 2 heteroatoms. The highest BCUT2D eigenvalue weighted by molar-refractivity contribution is 5.96. The molecule has 0 aliphatic rings. The first-order valence-electron chi connectivity index (χ1n) is 7.18. The van der Waals surface area contributed by atoms with Gasteiger partial charge in [-0.3, -0.25) is 4.79 Å². The normalized spacial score (nSPS) is 10.3. The van der Waals surface area contributed by atoms with Crippen molar-refractivity contribution >= 4 is 11.5 Å². The second-order valence-corrected chi connectivity index (χ2v) is 4.88. The largest absolute Gasteiger partial charge is 0.381 e. The van der Waals surface area contributed by atoms with Gasteiger partial charge < -0.3 is 5.32 Å². The van der Waals surface area contributed by atoms with Gasteiger partial charge in [-0.05, 0) is 41.8 Å². The summed E-state index contributed by atoms with van der Waals surface area (Å²) in [6.07, 6.45) is 1.62. The van der Waals surface area contributed by atoms with Crippen LogP contribution in [-0.4, -0.2) is 5.78 Å². The SMILES string of the molecule is CCC(=O)c1ccc(NCc2ccc(CC)cc2)cc1. The zero-order valence-corrected chi connectivity index (χ0v) is 12.1. The molecule has 0 bridgehead atoms. The van der Waals surface area contributed by atoms with Gasteiger partial charge in [0.25, 0.3) is 0 Å². The van der Waals surface area contributed by atoms with Crippen molar-refractivity contribution in [3.8, 4) is 0 Å². The van der Waals surface area contributed by atoms with Crippen LogP contribution >= 0.6 is 0 Å². The molecule has 2 aromatic carbocycles. The standard InChI is InChI=1S/C18H21NO/c1-3-14-5-7-15(8-6-14)13-19-17-11-9-16(10-12-17)18(20)4-2/h5-12,19H,3-4,13H2,1-2H3. The molecule has 0 unspecified atom stereocenters. The summed E-state index contributed by atoms with van der Waals surface area (Å²) in [5.74, 6) is 0.187. The van der Waals surface area contributed by atoms with E-state index in [0.717, 1.165) is 24.2 Å². The first kappa shape index (κ1) is 14.3. The molecule has 0 spiro atoms. The van der Waals surface area contributed by atoms with Crippen molar-refractivity contribution in [2.75, 3.05) is 5.32 Å². The van der Waals surface area contributed by atoms with Gasteiger partial charge in [-0.2, -0.15) is 0 Å². The number of carbonyl (C=O) groups is 1. The fourth-order valence-electron chi connectivity index (χ4n) is 2.08. The Bertz CT molecular complexity index is 555. The molecule has 20 heavy (non-hydrogen) atoms. The van der Waals surface area contributed by atoms with E-state index in [2.05, 4.69) is 36.5 Å². The van der Waals surface area contributed by atoms with Crippen LogP contribution in [0.3, 0.4) is 0 Å². The van der Waals surface area contributed by atoms with Crippen LogP contribution in [-0.2, 0) is 13.0 Å². The van der Waals surface area contributed by atoms with Crippen LogP contribution in [0, 0.1) is 0 Å². The van der Waals surface area contributed by atoms with Crippen molar-refractivity contribution in [1.29, 1.82) is 0 Å². The number of aryl methyl sites for hydroxylation is 1. The van der Waals surface area contributed by atoms with Gasteiger partial charge in [0.15, 0.2) is 5.78 Å². The zero-order chi connectivity index (χ0) is 14.4. The number of nitrogens with one attached hydrogen (secondary N) is 1.